The maximum absolute atomic E-state index is 2.30. The van der Waals surface area contributed by atoms with E-state index in [0.717, 1.165) is 5.92 Å². The number of rotatable bonds is 1. The summed E-state index contributed by atoms with van der Waals surface area (Å²) < 4.78 is 0. The van der Waals surface area contributed by atoms with Gasteiger partial charge in [-0.3, -0.25) is 0 Å². The molecule has 0 aliphatic carbocycles. The molecule has 1 atom stereocenters. The molecule has 1 aliphatic heterocycles. The summed E-state index contributed by atoms with van der Waals surface area (Å²) in [5.41, 5.74) is 0. The van der Waals surface area contributed by atoms with E-state index in [9.17, 15) is 0 Å². The molecular weight excluding hydrogens is 152 g/mol. The van der Waals surface area contributed by atoms with Crippen LogP contribution in [-0.2, 0) is 0 Å². The van der Waals surface area contributed by atoms with Gasteiger partial charge in [0.2, 0.25) is 0 Å². The van der Waals surface area contributed by atoms with Crippen molar-refractivity contribution in [1.82, 2.24) is 0 Å². The fraction of sp³-hybridized carbons (Fsp3) is 1.00. The predicted molar refractivity (Wildman–Crippen MR) is 56.3 cm³/mol. The first-order valence-corrected chi connectivity index (χ1v) is 6.08. The van der Waals surface area contributed by atoms with Crippen molar-refractivity contribution in [3.05, 3.63) is 0 Å². The Morgan fingerprint density at radius 1 is 1.27 bits per heavy atom. The van der Waals surface area contributed by atoms with E-state index < -0.39 is 0 Å². The van der Waals surface area contributed by atoms with Gasteiger partial charge in [0.25, 0.3) is 0 Å². The third kappa shape index (κ3) is 6.74. The second-order valence-electron chi connectivity index (χ2n) is 3.20. The largest absolute Gasteiger partial charge is 0.162 e. The lowest BCUT2D eigenvalue weighted by atomic mass is 10.0. The molecule has 0 aromatic rings. The highest BCUT2D eigenvalue weighted by atomic mass is 32.2. The van der Waals surface area contributed by atoms with E-state index in [2.05, 4.69) is 32.5 Å². The maximum Gasteiger partial charge on any atom is -0.00392 e. The van der Waals surface area contributed by atoms with Gasteiger partial charge >= 0.3 is 0 Å². The van der Waals surface area contributed by atoms with Gasteiger partial charge in [-0.25, -0.2) is 0 Å². The zero-order valence-corrected chi connectivity index (χ0v) is 9.04. The normalized spacial score (nSPS) is 23.7. The number of hydrogen-bond donors (Lipinski definition) is 0. The van der Waals surface area contributed by atoms with Crippen molar-refractivity contribution in [2.45, 2.75) is 46.5 Å². The average Bonchev–Trinajstić information content (AvgIpc) is 2.08. The van der Waals surface area contributed by atoms with Gasteiger partial charge < -0.3 is 0 Å². The van der Waals surface area contributed by atoms with Crippen LogP contribution in [0.4, 0.5) is 0 Å². The minimum absolute atomic E-state index is 1.05. The molecule has 1 aliphatic rings. The van der Waals surface area contributed by atoms with Gasteiger partial charge in [-0.1, -0.05) is 33.6 Å². The summed E-state index contributed by atoms with van der Waals surface area (Å²) in [5.74, 6) is 3.89. The van der Waals surface area contributed by atoms with Crippen LogP contribution in [0.25, 0.3) is 0 Å². The van der Waals surface area contributed by atoms with Crippen LogP contribution < -0.4 is 0 Å². The molecule has 1 heterocycles. The average molecular weight is 174 g/mol. The van der Waals surface area contributed by atoms with Gasteiger partial charge in [0, 0.05) is 0 Å². The maximum atomic E-state index is 2.30. The zero-order valence-electron chi connectivity index (χ0n) is 8.23. The molecule has 0 amide bonds. The Balaban J connectivity index is 0.000000292. The highest BCUT2D eigenvalue weighted by molar-refractivity contribution is 7.99. The van der Waals surface area contributed by atoms with Crippen LogP contribution >= 0.6 is 11.8 Å². The molecule has 68 valence electrons. The van der Waals surface area contributed by atoms with E-state index in [-0.39, 0.29) is 0 Å². The molecule has 0 spiro atoms. The van der Waals surface area contributed by atoms with E-state index in [1.165, 1.54) is 37.2 Å². The zero-order chi connectivity index (χ0) is 8.53. The van der Waals surface area contributed by atoms with E-state index in [4.69, 9.17) is 0 Å². The summed E-state index contributed by atoms with van der Waals surface area (Å²) in [6.07, 6.45) is 5.60. The Morgan fingerprint density at radius 3 is 2.18 bits per heavy atom. The summed E-state index contributed by atoms with van der Waals surface area (Å²) in [6.45, 7) is 6.55. The Bertz CT molecular complexity index is 65.3. The van der Waals surface area contributed by atoms with Crippen LogP contribution in [0.1, 0.15) is 46.5 Å². The first-order valence-electron chi connectivity index (χ1n) is 4.92. The van der Waals surface area contributed by atoms with Crippen molar-refractivity contribution in [2.24, 2.45) is 5.92 Å². The first kappa shape index (κ1) is 11.4. The fourth-order valence-corrected chi connectivity index (χ4v) is 2.40. The summed E-state index contributed by atoms with van der Waals surface area (Å²) in [6, 6.07) is 0. The molecule has 0 N–H and O–H groups in total. The highest BCUT2D eigenvalue weighted by Crippen LogP contribution is 2.24. The second-order valence-corrected chi connectivity index (χ2v) is 4.35. The van der Waals surface area contributed by atoms with E-state index in [1.54, 1.807) is 0 Å². The van der Waals surface area contributed by atoms with Crippen molar-refractivity contribution in [2.75, 3.05) is 11.5 Å². The molecule has 0 nitrogen and oxygen atoms in total. The SMILES string of the molecule is CCC.CCC1CCCSC1. The molecule has 0 aromatic heterocycles. The molecule has 0 saturated carbocycles. The third-order valence-corrected chi connectivity index (χ3v) is 3.12. The van der Waals surface area contributed by atoms with Gasteiger partial charge in [-0.05, 0) is 30.3 Å². The van der Waals surface area contributed by atoms with Gasteiger partial charge in [0.05, 0.1) is 0 Å². The van der Waals surface area contributed by atoms with Crippen LogP contribution in [0.2, 0.25) is 0 Å². The second kappa shape index (κ2) is 8.45. The highest BCUT2D eigenvalue weighted by Gasteiger charge is 2.09. The van der Waals surface area contributed by atoms with E-state index in [1.807, 2.05) is 0 Å². The van der Waals surface area contributed by atoms with Crippen LogP contribution in [0.5, 0.6) is 0 Å². The van der Waals surface area contributed by atoms with Gasteiger partial charge in [0.1, 0.15) is 0 Å². The van der Waals surface area contributed by atoms with Crippen molar-refractivity contribution >= 4 is 11.8 Å². The summed E-state index contributed by atoms with van der Waals surface area (Å²) in [7, 11) is 0. The smallest absolute Gasteiger partial charge is 0.00392 e. The fourth-order valence-electron chi connectivity index (χ4n) is 1.13. The Labute approximate surface area is 76.1 Å². The summed E-state index contributed by atoms with van der Waals surface area (Å²) >= 11 is 2.13. The van der Waals surface area contributed by atoms with Crippen LogP contribution in [0.15, 0.2) is 0 Å². The predicted octanol–water partition coefficient (Wildman–Crippen LogP) is 3.96. The minimum Gasteiger partial charge on any atom is -0.162 e. The molecule has 0 aromatic carbocycles. The number of thioether (sulfide) groups is 1. The van der Waals surface area contributed by atoms with E-state index in [0.29, 0.717) is 0 Å². The lowest BCUT2D eigenvalue weighted by molar-refractivity contribution is 0.508. The molecule has 11 heavy (non-hydrogen) atoms. The van der Waals surface area contributed by atoms with Crippen molar-refractivity contribution in [1.29, 1.82) is 0 Å². The number of hydrogen-bond acceptors (Lipinski definition) is 1. The lowest BCUT2D eigenvalue weighted by Crippen LogP contribution is -2.08. The van der Waals surface area contributed by atoms with Crippen molar-refractivity contribution < 1.29 is 0 Å². The Hall–Kier alpha value is 0.350. The van der Waals surface area contributed by atoms with Crippen LogP contribution in [0, 0.1) is 5.92 Å². The van der Waals surface area contributed by atoms with Crippen molar-refractivity contribution in [3.63, 3.8) is 0 Å². The van der Waals surface area contributed by atoms with Crippen LogP contribution in [-0.4, -0.2) is 11.5 Å². The molecule has 0 radical (unpaired) electrons. The monoisotopic (exact) mass is 174 g/mol. The van der Waals surface area contributed by atoms with E-state index >= 15 is 0 Å². The summed E-state index contributed by atoms with van der Waals surface area (Å²) in [5, 5.41) is 0. The topological polar surface area (TPSA) is 0 Å². The molecule has 1 saturated heterocycles. The molecule has 1 rings (SSSR count). The molecule has 0 bridgehead atoms. The Morgan fingerprint density at radius 2 is 1.91 bits per heavy atom. The van der Waals surface area contributed by atoms with Gasteiger partial charge in [-0.2, -0.15) is 11.8 Å². The molecule has 1 heteroatoms. The lowest BCUT2D eigenvalue weighted by Gasteiger charge is -2.18. The first-order chi connectivity index (χ1) is 5.35. The van der Waals surface area contributed by atoms with Crippen molar-refractivity contribution in [3.8, 4) is 0 Å². The molecule has 1 unspecified atom stereocenters. The quantitative estimate of drug-likeness (QED) is 0.580. The van der Waals surface area contributed by atoms with Gasteiger partial charge in [-0.15, -0.1) is 0 Å². The Kier molecular flexibility index (Phi) is 8.72. The standard InChI is InChI=1S/C7H14S.C3H8/c1-2-7-4-3-5-8-6-7;1-3-2/h7H,2-6H2,1H3;3H2,1-2H3. The minimum atomic E-state index is 1.05. The van der Waals surface area contributed by atoms with Gasteiger partial charge in [0.15, 0.2) is 0 Å². The molecule has 1 fully saturated rings. The summed E-state index contributed by atoms with van der Waals surface area (Å²) in [4.78, 5) is 0. The molecular formula is C10H22S. The third-order valence-electron chi connectivity index (χ3n) is 1.83. The van der Waals surface area contributed by atoms with Crippen LogP contribution in [0.3, 0.4) is 0 Å².